The Bertz CT molecular complexity index is 683. The fourth-order valence-electron chi connectivity index (χ4n) is 1.85. The maximum atomic E-state index is 11.0. The lowest BCUT2D eigenvalue weighted by Gasteiger charge is -2.18. The third-order valence-corrected chi connectivity index (χ3v) is 3.01. The molecule has 0 atom stereocenters. The van der Waals surface area contributed by atoms with Crippen LogP contribution in [0.2, 0.25) is 0 Å². The standard InChI is InChI=1S/C15H16N4O2/c1-10-4-5-11(15(20)21)7-14(10)19(17)9-13(16)12-3-2-6-18-8-12/h2-9H,16-17H2,1H3,(H,20,21). The lowest BCUT2D eigenvalue weighted by atomic mass is 10.1. The molecule has 0 radical (unpaired) electrons. The predicted molar refractivity (Wildman–Crippen MR) is 81.2 cm³/mol. The van der Waals surface area contributed by atoms with Crippen molar-refractivity contribution in [3.63, 3.8) is 0 Å². The summed E-state index contributed by atoms with van der Waals surface area (Å²) < 4.78 is 0. The van der Waals surface area contributed by atoms with E-state index in [1.165, 1.54) is 23.3 Å². The number of hydrazine groups is 1. The van der Waals surface area contributed by atoms with Crippen LogP contribution in [0.15, 0.2) is 48.9 Å². The van der Waals surface area contributed by atoms with Crippen LogP contribution in [0.3, 0.4) is 0 Å². The van der Waals surface area contributed by atoms with Crippen molar-refractivity contribution < 1.29 is 9.90 Å². The van der Waals surface area contributed by atoms with E-state index in [4.69, 9.17) is 16.7 Å². The summed E-state index contributed by atoms with van der Waals surface area (Å²) in [6.45, 7) is 1.84. The average Bonchev–Trinajstić information content (AvgIpc) is 2.48. The van der Waals surface area contributed by atoms with Crippen molar-refractivity contribution in [2.45, 2.75) is 6.92 Å². The van der Waals surface area contributed by atoms with Gasteiger partial charge < -0.3 is 10.8 Å². The second kappa shape index (κ2) is 6.06. The lowest BCUT2D eigenvalue weighted by Crippen LogP contribution is -2.26. The summed E-state index contributed by atoms with van der Waals surface area (Å²) >= 11 is 0. The number of benzene rings is 1. The van der Waals surface area contributed by atoms with Gasteiger partial charge in [-0.2, -0.15) is 0 Å². The number of nitrogens with zero attached hydrogens (tertiary/aromatic N) is 2. The van der Waals surface area contributed by atoms with E-state index in [1.807, 2.05) is 13.0 Å². The van der Waals surface area contributed by atoms with Crippen LogP contribution in [0.5, 0.6) is 0 Å². The molecule has 0 aliphatic carbocycles. The topological polar surface area (TPSA) is 105 Å². The van der Waals surface area contributed by atoms with E-state index >= 15 is 0 Å². The molecule has 2 rings (SSSR count). The smallest absolute Gasteiger partial charge is 0.335 e. The molecule has 1 heterocycles. The Kier molecular flexibility index (Phi) is 4.20. The minimum Gasteiger partial charge on any atom is -0.478 e. The molecular weight excluding hydrogens is 268 g/mol. The predicted octanol–water partition coefficient (Wildman–Crippen LogP) is 1.73. The summed E-state index contributed by atoms with van der Waals surface area (Å²) in [4.78, 5) is 15.0. The van der Waals surface area contributed by atoms with Crippen molar-refractivity contribution in [3.05, 3.63) is 65.6 Å². The van der Waals surface area contributed by atoms with Gasteiger partial charge in [0, 0.05) is 24.2 Å². The van der Waals surface area contributed by atoms with Gasteiger partial charge >= 0.3 is 5.97 Å². The number of hydrogen-bond acceptors (Lipinski definition) is 5. The molecule has 0 bridgehead atoms. The van der Waals surface area contributed by atoms with E-state index in [0.717, 1.165) is 11.1 Å². The maximum Gasteiger partial charge on any atom is 0.335 e. The number of aryl methyl sites for hydroxylation is 1. The summed E-state index contributed by atoms with van der Waals surface area (Å²) in [5.41, 5.74) is 8.72. The molecule has 0 saturated carbocycles. The molecule has 6 heteroatoms. The number of rotatable bonds is 4. The molecule has 0 saturated heterocycles. The highest BCUT2D eigenvalue weighted by Gasteiger charge is 2.09. The Balaban J connectivity index is 2.34. The SMILES string of the molecule is Cc1ccc(C(=O)O)cc1N(N)C=C(N)c1cccnc1. The van der Waals surface area contributed by atoms with Crippen LogP contribution in [0.25, 0.3) is 5.70 Å². The van der Waals surface area contributed by atoms with E-state index in [0.29, 0.717) is 11.4 Å². The third-order valence-electron chi connectivity index (χ3n) is 3.01. The highest BCUT2D eigenvalue weighted by molar-refractivity contribution is 5.89. The zero-order chi connectivity index (χ0) is 15.4. The number of carboxylic acid groups (broad SMARTS) is 1. The Labute approximate surface area is 122 Å². The van der Waals surface area contributed by atoms with Gasteiger partial charge in [-0.3, -0.25) is 9.99 Å². The lowest BCUT2D eigenvalue weighted by molar-refractivity contribution is 0.0697. The first-order valence-corrected chi connectivity index (χ1v) is 6.24. The summed E-state index contributed by atoms with van der Waals surface area (Å²) in [5.74, 6) is 4.96. The van der Waals surface area contributed by atoms with Gasteiger partial charge in [0.05, 0.1) is 16.9 Å². The van der Waals surface area contributed by atoms with Crippen LogP contribution in [-0.2, 0) is 0 Å². The van der Waals surface area contributed by atoms with E-state index in [9.17, 15) is 4.79 Å². The molecule has 1 aromatic carbocycles. The number of aromatic carboxylic acids is 1. The number of pyridine rings is 1. The van der Waals surface area contributed by atoms with Crippen LogP contribution in [0, 0.1) is 6.92 Å². The highest BCUT2D eigenvalue weighted by Crippen LogP contribution is 2.21. The monoisotopic (exact) mass is 284 g/mol. The number of hydrogen-bond donors (Lipinski definition) is 3. The summed E-state index contributed by atoms with van der Waals surface area (Å²) in [6.07, 6.45) is 4.81. The second-order valence-electron chi connectivity index (χ2n) is 4.54. The largest absolute Gasteiger partial charge is 0.478 e. The highest BCUT2D eigenvalue weighted by atomic mass is 16.4. The van der Waals surface area contributed by atoms with Crippen molar-refractivity contribution in [2.75, 3.05) is 5.01 Å². The minimum absolute atomic E-state index is 0.166. The Morgan fingerprint density at radius 1 is 1.33 bits per heavy atom. The van der Waals surface area contributed by atoms with E-state index in [1.54, 1.807) is 24.5 Å². The van der Waals surface area contributed by atoms with Crippen molar-refractivity contribution in [1.82, 2.24) is 4.98 Å². The summed E-state index contributed by atoms with van der Waals surface area (Å²) in [6, 6.07) is 8.32. The molecule has 5 N–H and O–H groups in total. The molecular formula is C15H16N4O2. The Morgan fingerprint density at radius 3 is 2.71 bits per heavy atom. The first kappa shape index (κ1) is 14.5. The van der Waals surface area contributed by atoms with Gasteiger partial charge in [0.25, 0.3) is 0 Å². The summed E-state index contributed by atoms with van der Waals surface area (Å²) in [7, 11) is 0. The van der Waals surface area contributed by atoms with Crippen LogP contribution < -0.4 is 16.6 Å². The first-order valence-electron chi connectivity index (χ1n) is 6.24. The van der Waals surface area contributed by atoms with Crippen LogP contribution in [-0.4, -0.2) is 16.1 Å². The fraction of sp³-hybridized carbons (Fsp3) is 0.0667. The van der Waals surface area contributed by atoms with Gasteiger partial charge in [-0.25, -0.2) is 10.6 Å². The number of nitrogens with two attached hydrogens (primary N) is 2. The zero-order valence-electron chi connectivity index (χ0n) is 11.5. The second-order valence-corrected chi connectivity index (χ2v) is 4.54. The van der Waals surface area contributed by atoms with Gasteiger partial charge in [0.1, 0.15) is 0 Å². The molecule has 2 aromatic rings. The average molecular weight is 284 g/mol. The fourth-order valence-corrected chi connectivity index (χ4v) is 1.85. The number of carbonyl (C=O) groups is 1. The number of anilines is 1. The van der Waals surface area contributed by atoms with Gasteiger partial charge in [0.2, 0.25) is 0 Å². The van der Waals surface area contributed by atoms with E-state index in [2.05, 4.69) is 4.98 Å². The normalized spacial score (nSPS) is 11.2. The summed E-state index contributed by atoms with van der Waals surface area (Å²) in [5, 5.41) is 10.3. The molecule has 0 aliphatic heterocycles. The Hall–Kier alpha value is -2.86. The van der Waals surface area contributed by atoms with Crippen molar-refractivity contribution in [2.24, 2.45) is 11.6 Å². The molecule has 6 nitrogen and oxygen atoms in total. The quantitative estimate of drug-likeness (QED) is 0.583. The zero-order valence-corrected chi connectivity index (χ0v) is 11.5. The van der Waals surface area contributed by atoms with Crippen molar-refractivity contribution in [3.8, 4) is 0 Å². The molecule has 0 fully saturated rings. The van der Waals surface area contributed by atoms with Crippen LogP contribution in [0.1, 0.15) is 21.5 Å². The van der Waals surface area contributed by atoms with Crippen LogP contribution >= 0.6 is 0 Å². The van der Waals surface area contributed by atoms with Gasteiger partial charge in [-0.05, 0) is 36.8 Å². The van der Waals surface area contributed by atoms with Crippen LogP contribution in [0.4, 0.5) is 5.69 Å². The van der Waals surface area contributed by atoms with Gasteiger partial charge in [-0.1, -0.05) is 6.07 Å². The first-order chi connectivity index (χ1) is 9.99. The molecule has 0 amide bonds. The number of aromatic nitrogens is 1. The molecule has 0 unspecified atom stereocenters. The molecule has 21 heavy (non-hydrogen) atoms. The molecule has 0 aliphatic rings. The van der Waals surface area contributed by atoms with Crippen molar-refractivity contribution >= 4 is 17.4 Å². The van der Waals surface area contributed by atoms with Crippen molar-refractivity contribution in [1.29, 1.82) is 0 Å². The van der Waals surface area contributed by atoms with E-state index in [-0.39, 0.29) is 5.56 Å². The molecule has 108 valence electrons. The third kappa shape index (κ3) is 3.37. The Morgan fingerprint density at radius 2 is 2.10 bits per heavy atom. The number of carboxylic acids is 1. The minimum atomic E-state index is -1.01. The maximum absolute atomic E-state index is 11.0. The molecule has 1 aromatic heterocycles. The van der Waals surface area contributed by atoms with Gasteiger partial charge in [0.15, 0.2) is 0 Å². The van der Waals surface area contributed by atoms with E-state index < -0.39 is 5.97 Å². The van der Waals surface area contributed by atoms with Gasteiger partial charge in [-0.15, -0.1) is 0 Å². The molecule has 0 spiro atoms.